The molecule has 19 heavy (non-hydrogen) atoms. The second kappa shape index (κ2) is 6.32. The minimum absolute atomic E-state index is 0.939. The predicted octanol–water partition coefficient (Wildman–Crippen LogP) is 2.66. The van der Waals surface area contributed by atoms with Gasteiger partial charge >= 0.3 is 12.1 Å². The fourth-order valence-electron chi connectivity index (χ4n) is 0.963. The molecule has 0 spiro atoms. The molecule has 102 valence electrons. The van der Waals surface area contributed by atoms with Gasteiger partial charge in [-0.2, -0.15) is 18.3 Å². The highest BCUT2D eigenvalue weighted by atomic mass is 79.9. The van der Waals surface area contributed by atoms with Gasteiger partial charge in [0.2, 0.25) is 0 Å². The molecule has 2 aromatic rings. The first-order valence-corrected chi connectivity index (χ1v) is 5.51. The lowest BCUT2D eigenvalue weighted by atomic mass is 10.4. The number of carboxylic acids is 1. The van der Waals surface area contributed by atoms with Gasteiger partial charge in [0.25, 0.3) is 0 Å². The molecule has 0 bridgehead atoms. The SMILES string of the molecule is Brc1ccnn1-c1ccncc1.O=C(O)C(F)(F)F. The molecule has 0 atom stereocenters. The number of hydrogen-bond acceptors (Lipinski definition) is 3. The van der Waals surface area contributed by atoms with Gasteiger partial charge in [0, 0.05) is 12.4 Å². The van der Waals surface area contributed by atoms with E-state index in [-0.39, 0.29) is 0 Å². The summed E-state index contributed by atoms with van der Waals surface area (Å²) < 4.78 is 34.5. The van der Waals surface area contributed by atoms with Crippen LogP contribution in [-0.2, 0) is 4.79 Å². The van der Waals surface area contributed by atoms with Crippen LogP contribution in [0, 0.1) is 0 Å². The van der Waals surface area contributed by atoms with E-state index in [0.29, 0.717) is 0 Å². The molecule has 0 aliphatic heterocycles. The number of alkyl halides is 3. The molecule has 0 unspecified atom stereocenters. The lowest BCUT2D eigenvalue weighted by Gasteiger charge is -2.00. The minimum Gasteiger partial charge on any atom is -0.475 e. The summed E-state index contributed by atoms with van der Waals surface area (Å²) in [5.41, 5.74) is 1.00. The van der Waals surface area contributed by atoms with Crippen molar-refractivity contribution in [1.82, 2.24) is 14.8 Å². The molecule has 0 aliphatic rings. The Bertz CT molecular complexity index is 542. The smallest absolute Gasteiger partial charge is 0.475 e. The van der Waals surface area contributed by atoms with Crippen molar-refractivity contribution in [2.24, 2.45) is 0 Å². The first-order valence-electron chi connectivity index (χ1n) is 4.72. The zero-order valence-corrected chi connectivity index (χ0v) is 10.8. The Morgan fingerprint density at radius 3 is 2.11 bits per heavy atom. The molecule has 0 aromatic carbocycles. The maximum atomic E-state index is 10.6. The maximum Gasteiger partial charge on any atom is 0.490 e. The van der Waals surface area contributed by atoms with Gasteiger partial charge in [0.1, 0.15) is 4.60 Å². The van der Waals surface area contributed by atoms with Gasteiger partial charge in [-0.15, -0.1) is 0 Å². The van der Waals surface area contributed by atoms with E-state index in [1.165, 1.54) is 0 Å². The van der Waals surface area contributed by atoms with Crippen molar-refractivity contribution in [2.45, 2.75) is 6.18 Å². The van der Waals surface area contributed by atoms with Gasteiger partial charge in [-0.05, 0) is 34.1 Å². The standard InChI is InChI=1S/C8H6BrN3.C2HF3O2/c9-8-3-6-11-12(8)7-1-4-10-5-2-7;3-2(4,5)1(6)7/h1-6H;(H,6,7). The summed E-state index contributed by atoms with van der Waals surface area (Å²) in [5, 5.41) is 11.3. The predicted molar refractivity (Wildman–Crippen MR) is 62.7 cm³/mol. The zero-order chi connectivity index (χ0) is 14.5. The summed E-state index contributed by atoms with van der Waals surface area (Å²) in [6.07, 6.45) is 0.136. The van der Waals surface area contributed by atoms with Crippen LogP contribution in [0.1, 0.15) is 0 Å². The van der Waals surface area contributed by atoms with Gasteiger partial charge in [-0.25, -0.2) is 9.48 Å². The largest absolute Gasteiger partial charge is 0.490 e. The van der Waals surface area contributed by atoms with E-state index in [2.05, 4.69) is 26.0 Å². The van der Waals surface area contributed by atoms with Crippen LogP contribution in [0.4, 0.5) is 13.2 Å². The number of aromatic nitrogens is 3. The highest BCUT2D eigenvalue weighted by Crippen LogP contribution is 2.14. The summed E-state index contributed by atoms with van der Waals surface area (Å²) in [5.74, 6) is -2.76. The van der Waals surface area contributed by atoms with Gasteiger partial charge in [-0.1, -0.05) is 0 Å². The highest BCUT2D eigenvalue weighted by Gasteiger charge is 2.38. The number of pyridine rings is 1. The fraction of sp³-hybridized carbons (Fsp3) is 0.100. The van der Waals surface area contributed by atoms with Gasteiger partial charge < -0.3 is 5.11 Å². The second-order valence-electron chi connectivity index (χ2n) is 3.07. The number of halogens is 4. The van der Waals surface area contributed by atoms with E-state index in [4.69, 9.17) is 9.90 Å². The van der Waals surface area contributed by atoms with Crippen LogP contribution in [0.2, 0.25) is 0 Å². The molecular formula is C10H7BrF3N3O2. The van der Waals surface area contributed by atoms with Crippen LogP contribution in [-0.4, -0.2) is 32.0 Å². The van der Waals surface area contributed by atoms with Gasteiger partial charge in [0.05, 0.1) is 11.9 Å². The lowest BCUT2D eigenvalue weighted by Crippen LogP contribution is -2.21. The number of nitrogens with zero attached hydrogens (tertiary/aromatic N) is 3. The Kier molecular flexibility index (Phi) is 5.04. The maximum absolute atomic E-state index is 10.6. The van der Waals surface area contributed by atoms with Crippen molar-refractivity contribution in [2.75, 3.05) is 0 Å². The van der Waals surface area contributed by atoms with Crippen molar-refractivity contribution >= 4 is 21.9 Å². The summed E-state index contributed by atoms with van der Waals surface area (Å²) in [4.78, 5) is 12.8. The van der Waals surface area contributed by atoms with Crippen molar-refractivity contribution in [3.63, 3.8) is 0 Å². The van der Waals surface area contributed by atoms with Crippen molar-refractivity contribution in [3.8, 4) is 5.69 Å². The third kappa shape index (κ3) is 4.70. The molecule has 1 N–H and O–H groups in total. The van der Waals surface area contributed by atoms with Crippen molar-refractivity contribution < 1.29 is 23.1 Å². The molecule has 0 amide bonds. The Hall–Kier alpha value is -1.90. The molecule has 2 rings (SSSR count). The Labute approximate surface area is 113 Å². The molecule has 0 aliphatic carbocycles. The van der Waals surface area contributed by atoms with Crippen LogP contribution in [0.5, 0.6) is 0 Å². The van der Waals surface area contributed by atoms with Crippen LogP contribution in [0.3, 0.4) is 0 Å². The molecule has 0 radical (unpaired) electrons. The van der Waals surface area contributed by atoms with E-state index in [1.54, 1.807) is 23.3 Å². The van der Waals surface area contributed by atoms with Crippen molar-refractivity contribution in [1.29, 1.82) is 0 Å². The normalized spacial score (nSPS) is 10.5. The van der Waals surface area contributed by atoms with Crippen molar-refractivity contribution in [3.05, 3.63) is 41.4 Å². The second-order valence-corrected chi connectivity index (χ2v) is 3.89. The van der Waals surface area contributed by atoms with Crippen LogP contribution < -0.4 is 0 Å². The average Bonchev–Trinajstić information content (AvgIpc) is 2.76. The Balaban J connectivity index is 0.000000224. The molecule has 2 aromatic heterocycles. The number of aliphatic carboxylic acids is 1. The summed E-state index contributed by atoms with van der Waals surface area (Å²) >= 11 is 3.38. The third-order valence-corrected chi connectivity index (χ3v) is 2.35. The van der Waals surface area contributed by atoms with Crippen LogP contribution >= 0.6 is 15.9 Å². The highest BCUT2D eigenvalue weighted by molar-refractivity contribution is 9.10. The van der Waals surface area contributed by atoms with Crippen LogP contribution in [0.25, 0.3) is 5.69 Å². The summed E-state index contributed by atoms with van der Waals surface area (Å²) in [7, 11) is 0. The van der Waals surface area contributed by atoms with E-state index < -0.39 is 12.1 Å². The number of hydrogen-bond donors (Lipinski definition) is 1. The molecule has 2 heterocycles. The van der Waals surface area contributed by atoms with E-state index in [1.807, 2.05) is 18.2 Å². The Morgan fingerprint density at radius 2 is 1.74 bits per heavy atom. The van der Waals surface area contributed by atoms with Gasteiger partial charge in [-0.3, -0.25) is 4.98 Å². The first-order chi connectivity index (χ1) is 8.82. The van der Waals surface area contributed by atoms with Crippen LogP contribution in [0.15, 0.2) is 41.4 Å². The molecule has 9 heteroatoms. The average molecular weight is 338 g/mol. The first kappa shape index (κ1) is 15.2. The molecular weight excluding hydrogens is 331 g/mol. The zero-order valence-electron chi connectivity index (χ0n) is 9.17. The molecule has 0 saturated heterocycles. The minimum atomic E-state index is -5.08. The monoisotopic (exact) mass is 337 g/mol. The number of carboxylic acid groups (broad SMARTS) is 1. The summed E-state index contributed by atoms with van der Waals surface area (Å²) in [6, 6.07) is 5.69. The van der Waals surface area contributed by atoms with E-state index >= 15 is 0 Å². The lowest BCUT2D eigenvalue weighted by molar-refractivity contribution is -0.192. The number of carbonyl (C=O) groups is 1. The molecule has 0 saturated carbocycles. The van der Waals surface area contributed by atoms with Gasteiger partial charge in [0.15, 0.2) is 0 Å². The van der Waals surface area contributed by atoms with E-state index in [9.17, 15) is 13.2 Å². The van der Waals surface area contributed by atoms with E-state index in [0.717, 1.165) is 10.3 Å². The fourth-order valence-corrected chi connectivity index (χ4v) is 1.38. The summed E-state index contributed by atoms with van der Waals surface area (Å²) in [6.45, 7) is 0. The topological polar surface area (TPSA) is 68.0 Å². The third-order valence-electron chi connectivity index (χ3n) is 1.75. The molecule has 0 fully saturated rings. The Morgan fingerprint density at radius 1 is 1.21 bits per heavy atom. The quantitative estimate of drug-likeness (QED) is 0.868. The molecule has 5 nitrogen and oxygen atoms in total. The number of rotatable bonds is 1.